The first-order valence-corrected chi connectivity index (χ1v) is 13.1. The fourth-order valence-corrected chi connectivity index (χ4v) is 9.50. The van der Waals surface area contributed by atoms with Crippen LogP contribution in [0.3, 0.4) is 0 Å². The summed E-state index contributed by atoms with van der Waals surface area (Å²) in [5.41, 5.74) is 0. The normalized spacial score (nSPS) is 12.2. The van der Waals surface area contributed by atoms with Crippen molar-refractivity contribution in [1.82, 2.24) is 0 Å². The molecule has 0 amide bonds. The van der Waals surface area contributed by atoms with Gasteiger partial charge in [-0.1, -0.05) is 0 Å². The van der Waals surface area contributed by atoms with Crippen LogP contribution in [0.1, 0.15) is 105 Å². The monoisotopic (exact) mass is 352 g/mol. The Morgan fingerprint density at radius 1 is 0.409 bits per heavy atom. The van der Waals surface area contributed by atoms with Crippen molar-refractivity contribution >= 4 is 19.7 Å². The molecule has 0 rings (SSSR count). The molecule has 138 valence electrons. The van der Waals surface area contributed by atoms with Crippen LogP contribution in [0.5, 0.6) is 0 Å². The van der Waals surface area contributed by atoms with Crippen LogP contribution >= 0.6 is 19.7 Å². The molecule has 0 bridgehead atoms. The maximum atomic E-state index is 2.38. The molecule has 0 aliphatic heterocycles. The van der Waals surface area contributed by atoms with Crippen LogP contribution in [0.4, 0.5) is 0 Å². The van der Waals surface area contributed by atoms with Gasteiger partial charge in [-0.25, -0.2) is 0 Å². The molecule has 0 saturated carbocycles. The predicted octanol–water partition coefficient (Wildman–Crippen LogP) is 7.92. The minimum atomic E-state index is -0.927. The van der Waals surface area contributed by atoms with Crippen molar-refractivity contribution in [3.05, 3.63) is 0 Å². The predicted molar refractivity (Wildman–Crippen MR) is 113 cm³/mol. The van der Waals surface area contributed by atoms with Crippen LogP contribution in [-0.2, 0) is 0 Å². The van der Waals surface area contributed by atoms with Crippen molar-refractivity contribution in [2.75, 3.05) is 24.6 Å². The second-order valence-corrected chi connectivity index (χ2v) is 12.3. The third-order valence-electron chi connectivity index (χ3n) is 5.24. The molecule has 0 unspecified atom stereocenters. The van der Waals surface area contributed by atoms with Crippen molar-refractivity contribution < 1.29 is 0 Å². The fourth-order valence-electron chi connectivity index (χ4n) is 3.69. The Morgan fingerprint density at radius 2 is 0.727 bits per heavy atom. The summed E-state index contributed by atoms with van der Waals surface area (Å²) in [7, 11) is -0.927. The zero-order valence-electron chi connectivity index (χ0n) is 16.2. The van der Waals surface area contributed by atoms with Gasteiger partial charge < -0.3 is 0 Å². The molecule has 0 spiro atoms. The van der Waals surface area contributed by atoms with Crippen molar-refractivity contribution in [1.29, 1.82) is 0 Å². The minimum Gasteiger partial charge on any atom is -0.147 e. The second-order valence-electron chi connectivity index (χ2n) is 7.33. The Bertz CT molecular complexity index is 184. The summed E-state index contributed by atoms with van der Waals surface area (Å²) in [5, 5.41) is 0. The van der Waals surface area contributed by atoms with E-state index in [1.165, 1.54) is 70.6 Å². The Kier molecular flexibility index (Phi) is 20.5. The molecule has 0 atom stereocenters. The molecule has 0 heterocycles. The van der Waals surface area contributed by atoms with E-state index in [1.807, 2.05) is 0 Å². The van der Waals surface area contributed by atoms with Crippen molar-refractivity contribution in [2.45, 2.75) is 105 Å². The largest absolute Gasteiger partial charge is 0.147 e. The molecule has 0 aromatic heterocycles. The average Bonchev–Trinajstić information content (AvgIpc) is 2.51. The van der Waals surface area contributed by atoms with Crippen LogP contribution in [0, 0.1) is 0 Å². The zero-order valence-corrected chi connectivity index (χ0v) is 18.0. The first-order valence-electron chi connectivity index (χ1n) is 10.2. The Hall–Kier alpha value is 0.720. The third-order valence-corrected chi connectivity index (χ3v) is 10.9. The zero-order chi connectivity index (χ0) is 15.8. The van der Waals surface area contributed by atoms with Gasteiger partial charge in [-0.05, 0) is 0 Å². The van der Waals surface area contributed by atoms with Crippen LogP contribution in [-0.4, -0.2) is 24.6 Å². The van der Waals surface area contributed by atoms with Crippen molar-refractivity contribution in [3.63, 3.8) is 0 Å². The molecular weight excluding hydrogens is 307 g/mol. The molecule has 0 aliphatic carbocycles. The number of rotatable bonds is 16. The molecule has 0 aromatic carbocycles. The maximum absolute atomic E-state index is 2.38. The number of unbranched alkanes of at least 4 members (excludes halogenated alkanes) is 8. The molecule has 0 saturated heterocycles. The second kappa shape index (κ2) is 18.1. The SMILES string of the molecule is CCCCCCCC[PH](CCCC)(CCCC)CCCC.Cl. The molecule has 22 heavy (non-hydrogen) atoms. The van der Waals surface area contributed by atoms with E-state index in [-0.39, 0.29) is 12.4 Å². The molecule has 0 nitrogen and oxygen atoms in total. The van der Waals surface area contributed by atoms with E-state index in [0.717, 1.165) is 0 Å². The van der Waals surface area contributed by atoms with Gasteiger partial charge in [0.15, 0.2) is 0 Å². The van der Waals surface area contributed by atoms with Gasteiger partial charge in [-0.2, -0.15) is 0 Å². The van der Waals surface area contributed by atoms with E-state index < -0.39 is 7.26 Å². The first-order chi connectivity index (χ1) is 10.2. The summed E-state index contributed by atoms with van der Waals surface area (Å²) in [6.45, 7) is 9.45. The average molecular weight is 353 g/mol. The Labute approximate surface area is 149 Å². The fraction of sp³-hybridized carbons (Fsp3) is 1.00. The van der Waals surface area contributed by atoms with E-state index in [0.29, 0.717) is 0 Å². The van der Waals surface area contributed by atoms with Crippen LogP contribution in [0.15, 0.2) is 0 Å². The Balaban J connectivity index is 0. The summed E-state index contributed by atoms with van der Waals surface area (Å²) in [6, 6.07) is 0. The van der Waals surface area contributed by atoms with Crippen LogP contribution in [0.25, 0.3) is 0 Å². The van der Waals surface area contributed by atoms with E-state index in [1.54, 1.807) is 31.1 Å². The molecule has 0 N–H and O–H groups in total. The van der Waals surface area contributed by atoms with Gasteiger partial charge in [0.2, 0.25) is 0 Å². The minimum absolute atomic E-state index is 0. The molecule has 0 aromatic rings. The maximum Gasteiger partial charge on any atom is -0.147 e. The van der Waals surface area contributed by atoms with E-state index in [4.69, 9.17) is 0 Å². The molecule has 0 aliphatic rings. The van der Waals surface area contributed by atoms with Gasteiger partial charge in [0, 0.05) is 0 Å². The number of hydrogen-bond donors (Lipinski definition) is 0. The summed E-state index contributed by atoms with van der Waals surface area (Å²) in [4.78, 5) is 0. The van der Waals surface area contributed by atoms with Gasteiger partial charge in [0.1, 0.15) is 0 Å². The molecular formula is C20H46ClP. The van der Waals surface area contributed by atoms with Gasteiger partial charge in [0.05, 0.1) is 0 Å². The van der Waals surface area contributed by atoms with Gasteiger partial charge >= 0.3 is 137 Å². The van der Waals surface area contributed by atoms with Crippen LogP contribution in [0.2, 0.25) is 0 Å². The van der Waals surface area contributed by atoms with Gasteiger partial charge in [0.25, 0.3) is 0 Å². The molecule has 0 fully saturated rings. The third kappa shape index (κ3) is 13.2. The summed E-state index contributed by atoms with van der Waals surface area (Å²) in [6.07, 6.45) is 24.2. The first kappa shape index (κ1) is 25.0. The van der Waals surface area contributed by atoms with Crippen molar-refractivity contribution in [2.24, 2.45) is 0 Å². The number of halogens is 1. The van der Waals surface area contributed by atoms with Gasteiger partial charge in [-0.3, -0.25) is 0 Å². The van der Waals surface area contributed by atoms with Gasteiger partial charge in [-0.15, -0.1) is 12.4 Å². The van der Waals surface area contributed by atoms with E-state index in [9.17, 15) is 0 Å². The van der Waals surface area contributed by atoms with E-state index >= 15 is 0 Å². The topological polar surface area (TPSA) is 0 Å². The van der Waals surface area contributed by atoms with Crippen LogP contribution < -0.4 is 0 Å². The smallest absolute Gasteiger partial charge is 0.147 e. The standard InChI is InChI=1S/C20H45P.ClH/c1-5-9-13-14-15-16-20-21(17-10-6-2,18-11-7-3)19-12-8-4;/h21H,5-20H2,1-4H3;1H. The quantitative estimate of drug-likeness (QED) is 0.195. The van der Waals surface area contributed by atoms with E-state index in [2.05, 4.69) is 27.7 Å². The summed E-state index contributed by atoms with van der Waals surface area (Å²) >= 11 is 0. The van der Waals surface area contributed by atoms with Crippen molar-refractivity contribution in [3.8, 4) is 0 Å². The summed E-state index contributed by atoms with van der Waals surface area (Å²) in [5.74, 6) is 0. The molecule has 2 heteroatoms. The molecule has 0 radical (unpaired) electrons. The summed E-state index contributed by atoms with van der Waals surface area (Å²) < 4.78 is 0. The number of hydrogen-bond acceptors (Lipinski definition) is 0. The Morgan fingerprint density at radius 3 is 1.14 bits per heavy atom.